The molecule has 1 aliphatic heterocycles. The van der Waals surface area contributed by atoms with E-state index in [0.29, 0.717) is 11.1 Å². The van der Waals surface area contributed by atoms with Crippen molar-refractivity contribution in [2.24, 2.45) is 5.41 Å². The lowest BCUT2D eigenvalue weighted by Crippen LogP contribution is -2.30. The number of benzene rings is 1. The van der Waals surface area contributed by atoms with E-state index >= 15 is 0 Å². The Balaban J connectivity index is 2.04. The quantitative estimate of drug-likeness (QED) is 0.899. The zero-order valence-corrected chi connectivity index (χ0v) is 13.8. The maximum atomic E-state index is 12.0. The summed E-state index contributed by atoms with van der Waals surface area (Å²) < 4.78 is 27.3. The highest BCUT2D eigenvalue weighted by Crippen LogP contribution is 2.44. The molecule has 0 fully saturated rings. The molecule has 0 spiro atoms. The first kappa shape index (κ1) is 15.2. The standard InChI is InChI=1S/C16H22N2O3S/c1-3-16(4-2)6-5-12-10-15(19)14(9-13(12)11-16)18-8-7-17-22(18,20)21/h7-10,17,19H,3-6,11H2,1-2H3. The van der Waals surface area contributed by atoms with Gasteiger partial charge in [0.25, 0.3) is 0 Å². The number of fused-ring (bicyclic) bond motifs is 1. The van der Waals surface area contributed by atoms with Crippen molar-refractivity contribution in [3.8, 4) is 5.75 Å². The zero-order valence-electron chi connectivity index (χ0n) is 13.0. The molecule has 120 valence electrons. The van der Waals surface area contributed by atoms with Gasteiger partial charge in [-0.1, -0.05) is 26.7 Å². The van der Waals surface area contributed by atoms with E-state index in [1.54, 1.807) is 6.07 Å². The summed E-state index contributed by atoms with van der Waals surface area (Å²) >= 11 is 0. The number of nitrogens with zero attached hydrogens (tertiary/aromatic N) is 1. The van der Waals surface area contributed by atoms with Gasteiger partial charge >= 0.3 is 10.2 Å². The Morgan fingerprint density at radius 1 is 1.27 bits per heavy atom. The van der Waals surface area contributed by atoms with E-state index in [9.17, 15) is 13.5 Å². The Morgan fingerprint density at radius 3 is 2.59 bits per heavy atom. The normalized spacial score (nSPS) is 21.5. The Morgan fingerprint density at radius 2 is 2.00 bits per heavy atom. The molecule has 0 atom stereocenters. The van der Waals surface area contributed by atoms with Gasteiger partial charge in [-0.05, 0) is 47.9 Å². The lowest BCUT2D eigenvalue weighted by Gasteiger charge is -2.37. The number of hydrogen-bond donors (Lipinski definition) is 2. The van der Waals surface area contributed by atoms with Gasteiger partial charge in [-0.3, -0.25) is 4.72 Å². The third kappa shape index (κ3) is 2.35. The largest absolute Gasteiger partial charge is 0.506 e. The van der Waals surface area contributed by atoms with Gasteiger partial charge in [-0.2, -0.15) is 8.42 Å². The maximum absolute atomic E-state index is 12.0. The summed E-state index contributed by atoms with van der Waals surface area (Å²) in [5, 5.41) is 10.2. The van der Waals surface area contributed by atoms with Crippen molar-refractivity contribution < 1.29 is 13.5 Å². The highest BCUT2D eigenvalue weighted by molar-refractivity contribution is 7.91. The molecule has 1 aromatic rings. The Hall–Kier alpha value is -1.69. The fourth-order valence-electron chi connectivity index (χ4n) is 3.51. The summed E-state index contributed by atoms with van der Waals surface area (Å²) in [7, 11) is -3.62. The number of hydrogen-bond acceptors (Lipinski definition) is 3. The van der Waals surface area contributed by atoms with Crippen molar-refractivity contribution in [3.63, 3.8) is 0 Å². The fourth-order valence-corrected chi connectivity index (χ4v) is 4.49. The molecule has 0 bridgehead atoms. The molecule has 3 rings (SSSR count). The average molecular weight is 322 g/mol. The predicted octanol–water partition coefficient (Wildman–Crippen LogP) is 2.81. The van der Waals surface area contributed by atoms with Crippen LogP contribution in [0, 0.1) is 5.41 Å². The van der Waals surface area contributed by atoms with Gasteiger partial charge in [0.05, 0.1) is 0 Å². The molecular weight excluding hydrogens is 300 g/mol. The minimum Gasteiger partial charge on any atom is -0.506 e. The molecule has 0 amide bonds. The number of nitrogens with one attached hydrogen (secondary N) is 1. The van der Waals surface area contributed by atoms with E-state index in [4.69, 9.17) is 0 Å². The van der Waals surface area contributed by atoms with Crippen LogP contribution in [0.3, 0.4) is 0 Å². The Kier molecular flexibility index (Phi) is 3.59. The third-order valence-electron chi connectivity index (χ3n) is 5.21. The monoisotopic (exact) mass is 322 g/mol. The van der Waals surface area contributed by atoms with Gasteiger partial charge in [0, 0.05) is 12.4 Å². The first-order valence-corrected chi connectivity index (χ1v) is 9.18. The van der Waals surface area contributed by atoms with Crippen LogP contribution in [-0.2, 0) is 23.1 Å². The molecule has 1 aliphatic carbocycles. The lowest BCUT2D eigenvalue weighted by molar-refractivity contribution is 0.224. The third-order valence-corrected chi connectivity index (χ3v) is 6.48. The molecular formula is C16H22N2O3S. The predicted molar refractivity (Wildman–Crippen MR) is 86.8 cm³/mol. The number of anilines is 1. The summed E-state index contributed by atoms with van der Waals surface area (Å²) in [5.74, 6) is 0.0103. The van der Waals surface area contributed by atoms with Crippen LogP contribution < -0.4 is 9.03 Å². The molecule has 1 aromatic carbocycles. The Labute approximate surface area is 131 Å². The van der Waals surface area contributed by atoms with E-state index in [0.717, 1.165) is 47.5 Å². The van der Waals surface area contributed by atoms with Crippen molar-refractivity contribution >= 4 is 15.9 Å². The molecule has 0 saturated carbocycles. The van der Waals surface area contributed by atoms with E-state index < -0.39 is 10.2 Å². The van der Waals surface area contributed by atoms with E-state index in [-0.39, 0.29) is 5.75 Å². The van der Waals surface area contributed by atoms with Crippen LogP contribution in [0.2, 0.25) is 0 Å². The minimum atomic E-state index is -3.62. The second-order valence-corrected chi connectivity index (χ2v) is 7.81. The number of phenolic OH excluding ortho intramolecular Hbond substituents is 1. The van der Waals surface area contributed by atoms with Crippen molar-refractivity contribution in [2.75, 3.05) is 4.31 Å². The molecule has 2 N–H and O–H groups in total. The highest BCUT2D eigenvalue weighted by Gasteiger charge is 2.33. The molecule has 5 nitrogen and oxygen atoms in total. The molecule has 0 radical (unpaired) electrons. The molecule has 22 heavy (non-hydrogen) atoms. The Bertz CT molecular complexity index is 721. The van der Waals surface area contributed by atoms with Gasteiger partial charge in [-0.25, -0.2) is 4.31 Å². The second kappa shape index (κ2) is 5.19. The molecule has 2 aliphatic rings. The van der Waals surface area contributed by atoms with Crippen molar-refractivity contribution in [1.82, 2.24) is 4.72 Å². The van der Waals surface area contributed by atoms with Crippen LogP contribution in [0.5, 0.6) is 5.75 Å². The van der Waals surface area contributed by atoms with Crippen LogP contribution >= 0.6 is 0 Å². The van der Waals surface area contributed by atoms with Crippen molar-refractivity contribution in [3.05, 3.63) is 35.7 Å². The molecule has 0 aromatic heterocycles. The smallest absolute Gasteiger partial charge is 0.327 e. The fraction of sp³-hybridized carbons (Fsp3) is 0.500. The lowest BCUT2D eigenvalue weighted by atomic mass is 9.68. The molecule has 1 heterocycles. The SMILES string of the molecule is CCC1(CC)CCc2cc(O)c(N3C=CNS3(=O)=O)cc2C1. The molecule has 6 heteroatoms. The number of aromatic hydroxyl groups is 1. The first-order valence-electron chi connectivity index (χ1n) is 7.74. The van der Waals surface area contributed by atoms with Gasteiger partial charge < -0.3 is 5.11 Å². The molecule has 0 unspecified atom stereocenters. The van der Waals surface area contributed by atoms with Gasteiger partial charge in [0.2, 0.25) is 0 Å². The summed E-state index contributed by atoms with van der Waals surface area (Å²) in [6.07, 6.45) is 8.00. The van der Waals surface area contributed by atoms with Crippen LogP contribution in [0.15, 0.2) is 24.5 Å². The summed E-state index contributed by atoms with van der Waals surface area (Å²) in [4.78, 5) is 0. The van der Waals surface area contributed by atoms with Gasteiger partial charge in [-0.15, -0.1) is 0 Å². The van der Waals surface area contributed by atoms with E-state index in [1.807, 2.05) is 6.07 Å². The topological polar surface area (TPSA) is 69.6 Å². The van der Waals surface area contributed by atoms with E-state index in [2.05, 4.69) is 18.6 Å². The summed E-state index contributed by atoms with van der Waals surface area (Å²) in [6, 6.07) is 3.56. The van der Waals surface area contributed by atoms with Gasteiger partial charge in [0.1, 0.15) is 11.4 Å². The highest BCUT2D eigenvalue weighted by atomic mass is 32.2. The van der Waals surface area contributed by atoms with Crippen LogP contribution in [-0.4, -0.2) is 13.5 Å². The average Bonchev–Trinajstić information content (AvgIpc) is 2.85. The summed E-state index contributed by atoms with van der Waals surface area (Å²) in [6.45, 7) is 4.43. The summed E-state index contributed by atoms with van der Waals surface area (Å²) in [5.41, 5.74) is 2.90. The van der Waals surface area contributed by atoms with Crippen LogP contribution in [0.1, 0.15) is 44.2 Å². The first-order chi connectivity index (χ1) is 10.4. The van der Waals surface area contributed by atoms with E-state index in [1.165, 1.54) is 12.4 Å². The van der Waals surface area contributed by atoms with Gasteiger partial charge in [0.15, 0.2) is 0 Å². The second-order valence-electron chi connectivity index (χ2n) is 6.23. The van der Waals surface area contributed by atoms with Crippen LogP contribution in [0.4, 0.5) is 5.69 Å². The van der Waals surface area contributed by atoms with Crippen LogP contribution in [0.25, 0.3) is 0 Å². The minimum absolute atomic E-state index is 0.0103. The number of aryl methyl sites for hydroxylation is 1. The number of phenols is 1. The molecule has 0 saturated heterocycles. The van der Waals surface area contributed by atoms with Crippen molar-refractivity contribution in [2.45, 2.75) is 46.0 Å². The maximum Gasteiger partial charge on any atom is 0.327 e. The zero-order chi connectivity index (χ0) is 16.0. The van der Waals surface area contributed by atoms with Crippen molar-refractivity contribution in [1.29, 1.82) is 0 Å². The number of rotatable bonds is 3.